The molecule has 0 saturated carbocycles. The van der Waals surface area contributed by atoms with E-state index < -0.39 is 6.10 Å². The van der Waals surface area contributed by atoms with Crippen LogP contribution in [0.15, 0.2) is 18.2 Å². The number of carbonyl (C=O) groups excluding carboxylic acids is 1. The van der Waals surface area contributed by atoms with E-state index in [1.165, 1.54) is 0 Å². The van der Waals surface area contributed by atoms with E-state index in [-0.39, 0.29) is 11.9 Å². The van der Waals surface area contributed by atoms with Gasteiger partial charge in [0.15, 0.2) is 6.10 Å². The average molecular weight is 313 g/mol. The Hall–Kier alpha value is -1.26. The molecule has 0 aromatic heterocycles. The fourth-order valence-corrected chi connectivity index (χ4v) is 2.05. The maximum atomic E-state index is 11.8. The van der Waals surface area contributed by atoms with Crippen LogP contribution in [-0.4, -0.2) is 24.6 Å². The number of carbonyl (C=O) groups is 1. The van der Waals surface area contributed by atoms with Gasteiger partial charge in [0, 0.05) is 12.6 Å². The van der Waals surface area contributed by atoms with Crippen LogP contribution in [0.5, 0.6) is 5.75 Å². The third-order valence-electron chi connectivity index (χ3n) is 2.86. The summed E-state index contributed by atoms with van der Waals surface area (Å²) < 4.78 is 5.62. The highest BCUT2D eigenvalue weighted by Gasteiger charge is 2.16. The van der Waals surface area contributed by atoms with Gasteiger partial charge in [0.25, 0.3) is 5.91 Å². The molecule has 1 rings (SSSR count). The summed E-state index contributed by atoms with van der Waals surface area (Å²) in [4.78, 5) is 11.8. The predicted molar refractivity (Wildman–Crippen MR) is 86.8 cm³/mol. The van der Waals surface area contributed by atoms with E-state index in [1.54, 1.807) is 6.92 Å². The first-order valence-corrected chi connectivity index (χ1v) is 7.78. The Kier molecular flexibility index (Phi) is 7.54. The number of benzene rings is 1. The Morgan fingerprint density at radius 1 is 1.33 bits per heavy atom. The van der Waals surface area contributed by atoms with Crippen LogP contribution in [0.1, 0.15) is 39.7 Å². The molecule has 1 amide bonds. The lowest BCUT2D eigenvalue weighted by molar-refractivity contribution is -0.127. The van der Waals surface area contributed by atoms with Crippen molar-refractivity contribution in [3.63, 3.8) is 0 Å². The summed E-state index contributed by atoms with van der Waals surface area (Å²) in [6, 6.07) is 5.72. The van der Waals surface area contributed by atoms with Crippen LogP contribution < -0.4 is 15.4 Å². The van der Waals surface area contributed by atoms with E-state index >= 15 is 0 Å². The zero-order valence-electron chi connectivity index (χ0n) is 13.2. The largest absolute Gasteiger partial charge is 0.479 e. The van der Waals surface area contributed by atoms with E-state index in [1.807, 2.05) is 32.0 Å². The first-order chi connectivity index (χ1) is 9.93. The molecule has 118 valence electrons. The van der Waals surface area contributed by atoms with Gasteiger partial charge in [-0.2, -0.15) is 0 Å². The summed E-state index contributed by atoms with van der Waals surface area (Å²) in [5, 5.41) is 6.65. The molecule has 1 atom stereocenters. The van der Waals surface area contributed by atoms with Gasteiger partial charge in [-0.05, 0) is 51.4 Å². The lowest BCUT2D eigenvalue weighted by atomic mass is 10.2. The van der Waals surface area contributed by atoms with Gasteiger partial charge in [0.2, 0.25) is 0 Å². The number of hydrogen-bond acceptors (Lipinski definition) is 3. The van der Waals surface area contributed by atoms with Crippen molar-refractivity contribution in [1.82, 2.24) is 10.6 Å². The molecule has 0 saturated heterocycles. The molecule has 4 nitrogen and oxygen atoms in total. The van der Waals surface area contributed by atoms with Crippen molar-refractivity contribution in [2.24, 2.45) is 0 Å². The number of ether oxygens (including phenoxy) is 1. The summed E-state index contributed by atoms with van der Waals surface area (Å²) in [6.07, 6.45) is 0.520. The van der Waals surface area contributed by atoms with E-state index in [9.17, 15) is 4.79 Å². The van der Waals surface area contributed by atoms with Crippen molar-refractivity contribution in [3.8, 4) is 5.75 Å². The first kappa shape index (κ1) is 17.8. The maximum Gasteiger partial charge on any atom is 0.260 e. The normalized spacial score (nSPS) is 12.3. The molecular formula is C16H25ClN2O2. The third-order valence-corrected chi connectivity index (χ3v) is 3.15. The van der Waals surface area contributed by atoms with E-state index in [0.29, 0.717) is 10.8 Å². The Balaban J connectivity index is 2.61. The van der Waals surface area contributed by atoms with Crippen molar-refractivity contribution in [2.75, 3.05) is 6.54 Å². The highest BCUT2D eigenvalue weighted by atomic mass is 35.5. The number of rotatable bonds is 8. The smallest absolute Gasteiger partial charge is 0.260 e. The molecule has 0 aliphatic heterocycles. The van der Waals surface area contributed by atoms with Crippen molar-refractivity contribution >= 4 is 17.5 Å². The summed E-state index contributed by atoms with van der Waals surface area (Å²) >= 11 is 6.21. The van der Waals surface area contributed by atoms with Crippen LogP contribution in [0, 0.1) is 0 Å². The molecule has 21 heavy (non-hydrogen) atoms. The highest BCUT2D eigenvalue weighted by molar-refractivity contribution is 6.32. The van der Waals surface area contributed by atoms with E-state index in [2.05, 4.69) is 17.6 Å². The number of hydrogen-bond donors (Lipinski definition) is 2. The van der Waals surface area contributed by atoms with Crippen molar-refractivity contribution in [2.45, 2.75) is 52.8 Å². The third kappa shape index (κ3) is 6.36. The second kappa shape index (κ2) is 8.90. The Labute approximate surface area is 132 Å². The average Bonchev–Trinajstić information content (AvgIpc) is 2.41. The second-order valence-corrected chi connectivity index (χ2v) is 5.77. The minimum Gasteiger partial charge on any atom is -0.479 e. The van der Waals surface area contributed by atoms with E-state index in [0.717, 1.165) is 25.1 Å². The van der Waals surface area contributed by atoms with Gasteiger partial charge in [-0.25, -0.2) is 0 Å². The molecule has 2 N–H and O–H groups in total. The van der Waals surface area contributed by atoms with Gasteiger partial charge >= 0.3 is 0 Å². The standard InChI is InChI=1S/C16H25ClN2O2/c1-5-8-18-10-13-6-7-15(14(17)9-13)21-12(4)16(20)19-11(2)3/h6-7,9,11-12,18H,5,8,10H2,1-4H3,(H,19,20). The van der Waals surface area contributed by atoms with Crippen LogP contribution in [0.4, 0.5) is 0 Å². The quantitative estimate of drug-likeness (QED) is 0.725. The molecule has 1 unspecified atom stereocenters. The number of amides is 1. The number of nitrogens with one attached hydrogen (secondary N) is 2. The van der Waals surface area contributed by atoms with Crippen molar-refractivity contribution in [3.05, 3.63) is 28.8 Å². The molecule has 0 radical (unpaired) electrons. The fourth-order valence-electron chi connectivity index (χ4n) is 1.81. The SMILES string of the molecule is CCCNCc1ccc(OC(C)C(=O)NC(C)C)c(Cl)c1. The molecule has 5 heteroatoms. The Morgan fingerprint density at radius 3 is 2.62 bits per heavy atom. The summed E-state index contributed by atoms with van der Waals surface area (Å²) in [6.45, 7) is 9.41. The molecule has 0 spiro atoms. The molecule has 0 aliphatic rings. The monoisotopic (exact) mass is 312 g/mol. The predicted octanol–water partition coefficient (Wildman–Crippen LogP) is 3.13. The van der Waals surface area contributed by atoms with Crippen molar-refractivity contribution < 1.29 is 9.53 Å². The molecule has 1 aromatic rings. The summed E-state index contributed by atoms with van der Waals surface area (Å²) in [5.74, 6) is 0.386. The van der Waals surface area contributed by atoms with Crippen LogP contribution >= 0.6 is 11.6 Å². The van der Waals surface area contributed by atoms with Crippen LogP contribution in [0.3, 0.4) is 0 Å². The van der Waals surface area contributed by atoms with Gasteiger partial charge in [-0.3, -0.25) is 4.79 Å². The van der Waals surface area contributed by atoms with Gasteiger partial charge in [-0.1, -0.05) is 24.6 Å². The minimum atomic E-state index is -0.575. The summed E-state index contributed by atoms with van der Waals surface area (Å²) in [5.41, 5.74) is 1.10. The highest BCUT2D eigenvalue weighted by Crippen LogP contribution is 2.26. The van der Waals surface area contributed by atoms with E-state index in [4.69, 9.17) is 16.3 Å². The zero-order valence-corrected chi connectivity index (χ0v) is 14.0. The van der Waals surface area contributed by atoms with Crippen LogP contribution in [0.2, 0.25) is 5.02 Å². The van der Waals surface area contributed by atoms with Gasteiger partial charge in [0.05, 0.1) is 5.02 Å². The van der Waals surface area contributed by atoms with Crippen LogP contribution in [-0.2, 0) is 11.3 Å². The topological polar surface area (TPSA) is 50.4 Å². The molecule has 0 fully saturated rings. The van der Waals surface area contributed by atoms with Crippen molar-refractivity contribution in [1.29, 1.82) is 0 Å². The van der Waals surface area contributed by atoms with Gasteiger partial charge in [-0.15, -0.1) is 0 Å². The minimum absolute atomic E-state index is 0.0889. The first-order valence-electron chi connectivity index (χ1n) is 7.40. The van der Waals surface area contributed by atoms with Gasteiger partial charge in [0.1, 0.15) is 5.75 Å². The van der Waals surface area contributed by atoms with Gasteiger partial charge < -0.3 is 15.4 Å². The summed E-state index contributed by atoms with van der Waals surface area (Å²) in [7, 11) is 0. The lowest BCUT2D eigenvalue weighted by Gasteiger charge is -2.17. The molecule has 0 aliphatic carbocycles. The Morgan fingerprint density at radius 2 is 2.05 bits per heavy atom. The Bertz CT molecular complexity index is 464. The molecule has 1 aromatic carbocycles. The molecular weight excluding hydrogens is 288 g/mol. The fraction of sp³-hybridized carbons (Fsp3) is 0.562. The number of halogens is 1. The van der Waals surface area contributed by atoms with Crippen LogP contribution in [0.25, 0.3) is 0 Å². The lowest BCUT2D eigenvalue weighted by Crippen LogP contribution is -2.40. The zero-order chi connectivity index (χ0) is 15.8. The molecule has 0 heterocycles. The molecule has 0 bridgehead atoms. The second-order valence-electron chi connectivity index (χ2n) is 5.36. The maximum absolute atomic E-state index is 11.8.